The summed E-state index contributed by atoms with van der Waals surface area (Å²) >= 11 is 6.05. The molecule has 0 spiro atoms. The first-order valence-electron chi connectivity index (χ1n) is 4.94. The second kappa shape index (κ2) is 5.53. The van der Waals surface area contributed by atoms with Crippen molar-refractivity contribution in [2.24, 2.45) is 5.92 Å². The van der Waals surface area contributed by atoms with Gasteiger partial charge in [0.15, 0.2) is 0 Å². The molecule has 4 heteroatoms. The first-order chi connectivity index (χ1) is 7.58. The van der Waals surface area contributed by atoms with Gasteiger partial charge in [-0.05, 0) is 25.1 Å². The van der Waals surface area contributed by atoms with Gasteiger partial charge in [0.05, 0.1) is 22.7 Å². The molecule has 1 rings (SSSR count). The van der Waals surface area contributed by atoms with Crippen LogP contribution in [0.4, 0.5) is 5.69 Å². The van der Waals surface area contributed by atoms with Gasteiger partial charge in [-0.2, -0.15) is 5.26 Å². The topological polar surface area (TPSA) is 44.1 Å². The van der Waals surface area contributed by atoms with E-state index in [1.54, 1.807) is 18.2 Å². The number of nitrogens with zero attached hydrogens (tertiary/aromatic N) is 2. The fourth-order valence-corrected chi connectivity index (χ4v) is 1.79. The molecule has 0 aliphatic heterocycles. The number of nitriles is 1. The minimum Gasteiger partial charge on any atom is -0.372 e. The molecule has 0 fully saturated rings. The summed E-state index contributed by atoms with van der Waals surface area (Å²) in [5.74, 6) is -0.0631. The van der Waals surface area contributed by atoms with E-state index in [9.17, 15) is 4.79 Å². The van der Waals surface area contributed by atoms with Crippen molar-refractivity contribution in [3.8, 4) is 6.07 Å². The predicted octanol–water partition coefficient (Wildman–Crippen LogP) is 2.75. The van der Waals surface area contributed by atoms with Crippen molar-refractivity contribution < 1.29 is 4.79 Å². The first kappa shape index (κ1) is 12.5. The van der Waals surface area contributed by atoms with Crippen LogP contribution in [0.5, 0.6) is 0 Å². The Hall–Kier alpha value is -1.53. The number of hydrogen-bond acceptors (Lipinski definition) is 3. The normalized spacial score (nSPS) is 11.6. The van der Waals surface area contributed by atoms with Crippen LogP contribution < -0.4 is 4.90 Å². The summed E-state index contributed by atoms with van der Waals surface area (Å²) < 4.78 is 0. The van der Waals surface area contributed by atoms with Gasteiger partial charge in [-0.1, -0.05) is 11.6 Å². The molecule has 0 N–H and O–H groups in total. The van der Waals surface area contributed by atoms with Crippen LogP contribution in [0.2, 0.25) is 5.02 Å². The summed E-state index contributed by atoms with van der Waals surface area (Å²) in [7, 11) is 1.87. The number of hydrogen-bond donors (Lipinski definition) is 0. The van der Waals surface area contributed by atoms with E-state index >= 15 is 0 Å². The van der Waals surface area contributed by atoms with Crippen molar-refractivity contribution >= 4 is 23.6 Å². The molecule has 84 valence electrons. The van der Waals surface area contributed by atoms with Gasteiger partial charge in [0.1, 0.15) is 6.29 Å². The van der Waals surface area contributed by atoms with E-state index in [0.29, 0.717) is 17.1 Å². The van der Waals surface area contributed by atoms with Gasteiger partial charge in [-0.3, -0.25) is 4.79 Å². The van der Waals surface area contributed by atoms with Gasteiger partial charge in [-0.15, -0.1) is 0 Å². The number of anilines is 1. The highest BCUT2D eigenvalue weighted by Gasteiger charge is 2.09. The molecule has 0 aliphatic carbocycles. The highest BCUT2D eigenvalue weighted by atomic mass is 35.5. The van der Waals surface area contributed by atoms with Crippen molar-refractivity contribution in [1.82, 2.24) is 0 Å². The van der Waals surface area contributed by atoms with E-state index in [0.717, 1.165) is 12.0 Å². The maximum atomic E-state index is 10.5. The molecular formula is C12H13ClN2O. The monoisotopic (exact) mass is 236 g/mol. The van der Waals surface area contributed by atoms with Crippen LogP contribution in [-0.2, 0) is 0 Å². The highest BCUT2D eigenvalue weighted by molar-refractivity contribution is 6.33. The van der Waals surface area contributed by atoms with E-state index in [2.05, 4.69) is 6.07 Å². The fraction of sp³-hybridized carbons (Fsp3) is 0.333. The van der Waals surface area contributed by atoms with Gasteiger partial charge in [0.25, 0.3) is 0 Å². The van der Waals surface area contributed by atoms with E-state index < -0.39 is 0 Å². The number of benzene rings is 1. The summed E-state index contributed by atoms with van der Waals surface area (Å²) in [6.45, 7) is 2.46. The number of carbonyl (C=O) groups is 1. The lowest BCUT2D eigenvalue weighted by Gasteiger charge is -2.21. The zero-order valence-electron chi connectivity index (χ0n) is 9.27. The molecule has 1 aromatic rings. The zero-order chi connectivity index (χ0) is 12.1. The van der Waals surface area contributed by atoms with Crippen molar-refractivity contribution in [3.05, 3.63) is 28.8 Å². The fourth-order valence-electron chi connectivity index (χ4n) is 1.46. The van der Waals surface area contributed by atoms with Gasteiger partial charge in [0, 0.05) is 19.2 Å². The minimum absolute atomic E-state index is 0.0631. The Bertz CT molecular complexity index is 426. The first-order valence-corrected chi connectivity index (χ1v) is 5.31. The van der Waals surface area contributed by atoms with Crippen LogP contribution in [0.25, 0.3) is 0 Å². The van der Waals surface area contributed by atoms with E-state index in [1.807, 2.05) is 18.9 Å². The smallest absolute Gasteiger partial charge is 0.150 e. The van der Waals surface area contributed by atoms with Crippen LogP contribution in [0.15, 0.2) is 18.2 Å². The van der Waals surface area contributed by atoms with Crippen LogP contribution >= 0.6 is 11.6 Å². The molecule has 0 amide bonds. The van der Waals surface area contributed by atoms with Crippen molar-refractivity contribution in [2.75, 3.05) is 18.5 Å². The summed E-state index contributed by atoms with van der Waals surface area (Å²) in [5.41, 5.74) is 1.38. The summed E-state index contributed by atoms with van der Waals surface area (Å²) in [5, 5.41) is 9.25. The minimum atomic E-state index is -0.0631. The van der Waals surface area contributed by atoms with E-state index in [-0.39, 0.29) is 5.92 Å². The molecule has 0 bridgehead atoms. The van der Waals surface area contributed by atoms with Crippen molar-refractivity contribution in [3.63, 3.8) is 0 Å². The number of carbonyl (C=O) groups excluding carboxylic acids is 1. The lowest BCUT2D eigenvalue weighted by Crippen LogP contribution is -2.23. The maximum absolute atomic E-state index is 10.5. The molecule has 16 heavy (non-hydrogen) atoms. The zero-order valence-corrected chi connectivity index (χ0v) is 10.0. The Labute approximate surface area is 100 Å². The van der Waals surface area contributed by atoms with E-state index in [1.165, 1.54) is 0 Å². The number of rotatable bonds is 4. The second-order valence-corrected chi connectivity index (χ2v) is 4.15. The van der Waals surface area contributed by atoms with E-state index in [4.69, 9.17) is 16.9 Å². The molecule has 1 aromatic carbocycles. The largest absolute Gasteiger partial charge is 0.372 e. The quantitative estimate of drug-likeness (QED) is 0.755. The van der Waals surface area contributed by atoms with Gasteiger partial charge < -0.3 is 4.90 Å². The summed E-state index contributed by atoms with van der Waals surface area (Å²) in [6, 6.07) is 7.29. The van der Waals surface area contributed by atoms with Crippen LogP contribution in [0.1, 0.15) is 17.3 Å². The molecule has 0 aliphatic rings. The highest BCUT2D eigenvalue weighted by Crippen LogP contribution is 2.26. The number of halogens is 1. The third-order valence-electron chi connectivity index (χ3n) is 2.29. The lowest BCUT2D eigenvalue weighted by molar-refractivity contribution is 0.112. The molecule has 0 heterocycles. The maximum Gasteiger partial charge on any atom is 0.150 e. The van der Waals surface area contributed by atoms with Crippen LogP contribution in [0, 0.1) is 17.2 Å². The summed E-state index contributed by atoms with van der Waals surface area (Å²) in [6.07, 6.45) is 0.758. The molecule has 1 unspecified atom stereocenters. The SMILES string of the molecule is CC(C#N)CN(C)c1ccc(C=O)cc1Cl. The molecular weight excluding hydrogens is 224 g/mol. The predicted molar refractivity (Wildman–Crippen MR) is 64.9 cm³/mol. The Kier molecular flexibility index (Phi) is 4.33. The summed E-state index contributed by atoms with van der Waals surface area (Å²) in [4.78, 5) is 12.5. The van der Waals surface area contributed by atoms with Gasteiger partial charge >= 0.3 is 0 Å². The molecule has 0 saturated heterocycles. The average molecular weight is 237 g/mol. The average Bonchev–Trinajstić information content (AvgIpc) is 2.28. The third-order valence-corrected chi connectivity index (χ3v) is 2.59. The lowest BCUT2D eigenvalue weighted by atomic mass is 10.1. The molecule has 0 radical (unpaired) electrons. The molecule has 3 nitrogen and oxygen atoms in total. The van der Waals surface area contributed by atoms with Crippen molar-refractivity contribution in [2.45, 2.75) is 6.92 Å². The van der Waals surface area contributed by atoms with Crippen LogP contribution in [-0.4, -0.2) is 19.9 Å². The second-order valence-electron chi connectivity index (χ2n) is 3.74. The third kappa shape index (κ3) is 2.98. The number of aldehydes is 1. The Morgan fingerprint density at radius 3 is 2.81 bits per heavy atom. The Morgan fingerprint density at radius 1 is 1.62 bits per heavy atom. The van der Waals surface area contributed by atoms with Gasteiger partial charge in [0.2, 0.25) is 0 Å². The molecule has 0 aromatic heterocycles. The Balaban J connectivity index is 2.88. The molecule has 1 atom stereocenters. The van der Waals surface area contributed by atoms with Gasteiger partial charge in [-0.25, -0.2) is 0 Å². The van der Waals surface area contributed by atoms with Crippen molar-refractivity contribution in [1.29, 1.82) is 5.26 Å². The Morgan fingerprint density at radius 2 is 2.31 bits per heavy atom. The standard InChI is InChI=1S/C12H13ClN2O/c1-9(6-14)7-15(2)12-4-3-10(8-16)5-11(12)13/h3-5,8-9H,7H2,1-2H3. The van der Waals surface area contributed by atoms with Crippen LogP contribution in [0.3, 0.4) is 0 Å². The molecule has 0 saturated carbocycles.